The molecule has 0 saturated carbocycles. The number of rotatable bonds is 5. The molecule has 0 aliphatic carbocycles. The predicted octanol–water partition coefficient (Wildman–Crippen LogP) is 2.51. The molecule has 2 heterocycles. The quantitative estimate of drug-likeness (QED) is 0.714. The fraction of sp³-hybridized carbons (Fsp3) is 0.273. The van der Waals surface area contributed by atoms with Crippen LogP contribution in [0.1, 0.15) is 5.56 Å². The Morgan fingerprint density at radius 1 is 0.935 bits per heavy atom. The van der Waals surface area contributed by atoms with Crippen molar-refractivity contribution < 1.29 is 23.5 Å². The summed E-state index contributed by atoms with van der Waals surface area (Å²) < 4.78 is 27.1. The fourth-order valence-corrected chi connectivity index (χ4v) is 4.06. The van der Waals surface area contributed by atoms with Crippen LogP contribution in [-0.4, -0.2) is 66.1 Å². The number of carbonyl (C=O) groups excluding carboxylic acids is 2. The van der Waals surface area contributed by atoms with Crippen LogP contribution in [0.5, 0.6) is 0 Å². The van der Waals surface area contributed by atoms with Crippen molar-refractivity contribution in [3.8, 4) is 0 Å². The van der Waals surface area contributed by atoms with Gasteiger partial charge in [0.2, 0.25) is 0 Å². The maximum Gasteiger partial charge on any atom is 0.282 e. The first kappa shape index (κ1) is 21.4. The summed E-state index contributed by atoms with van der Waals surface area (Å²) in [5.74, 6) is -2.23. The lowest BCUT2D eigenvalue weighted by Crippen LogP contribution is -2.48. The molecule has 4 rings (SSSR count). The molecule has 0 unspecified atom stereocenters. The number of anilines is 1. The molecule has 2 amide bonds. The van der Waals surface area contributed by atoms with E-state index in [-0.39, 0.29) is 28.6 Å². The summed E-state index contributed by atoms with van der Waals surface area (Å²) in [5, 5.41) is 8.95. The third-order valence-electron chi connectivity index (χ3n) is 5.46. The van der Waals surface area contributed by atoms with Crippen molar-refractivity contribution in [3.63, 3.8) is 0 Å². The summed E-state index contributed by atoms with van der Waals surface area (Å²) in [6.07, 6.45) is 0. The minimum absolute atomic E-state index is 0.0417. The Bertz CT molecular complexity index is 1050. The van der Waals surface area contributed by atoms with Gasteiger partial charge in [-0.3, -0.25) is 14.5 Å². The zero-order valence-electron chi connectivity index (χ0n) is 16.5. The van der Waals surface area contributed by atoms with Crippen molar-refractivity contribution in [2.75, 3.05) is 44.2 Å². The van der Waals surface area contributed by atoms with Gasteiger partial charge in [0, 0.05) is 32.7 Å². The Kier molecular flexibility index (Phi) is 6.04. The van der Waals surface area contributed by atoms with Gasteiger partial charge in [-0.15, -0.1) is 0 Å². The molecular weight excluding hydrogens is 428 g/mol. The molecule has 0 spiro atoms. The molecule has 0 aromatic heterocycles. The van der Waals surface area contributed by atoms with Gasteiger partial charge in [0.1, 0.15) is 17.3 Å². The van der Waals surface area contributed by atoms with Gasteiger partial charge in [0.25, 0.3) is 11.8 Å². The second-order valence-corrected chi connectivity index (χ2v) is 7.73. The van der Waals surface area contributed by atoms with Gasteiger partial charge >= 0.3 is 0 Å². The molecule has 162 valence electrons. The molecule has 1 saturated heterocycles. The van der Waals surface area contributed by atoms with Crippen LogP contribution in [0.15, 0.2) is 48.2 Å². The molecule has 2 aromatic rings. The lowest BCUT2D eigenvalue weighted by atomic mass is 10.0. The molecule has 31 heavy (non-hydrogen) atoms. The number of halogens is 3. The lowest BCUT2D eigenvalue weighted by molar-refractivity contribution is -0.120. The number of hydrogen-bond donors (Lipinski definition) is 1. The molecule has 0 atom stereocenters. The van der Waals surface area contributed by atoms with E-state index in [1.165, 1.54) is 36.4 Å². The number of nitrogens with zero attached hydrogens (tertiary/aromatic N) is 3. The first-order valence-electron chi connectivity index (χ1n) is 9.83. The average molecular weight is 448 g/mol. The Labute approximate surface area is 182 Å². The summed E-state index contributed by atoms with van der Waals surface area (Å²) in [7, 11) is 0. The summed E-state index contributed by atoms with van der Waals surface area (Å²) >= 11 is 5.87. The van der Waals surface area contributed by atoms with Crippen LogP contribution >= 0.6 is 11.6 Å². The maximum absolute atomic E-state index is 13.6. The maximum atomic E-state index is 13.6. The van der Waals surface area contributed by atoms with E-state index in [2.05, 4.69) is 4.90 Å². The minimum Gasteiger partial charge on any atom is -0.395 e. The highest BCUT2D eigenvalue weighted by Gasteiger charge is 2.43. The van der Waals surface area contributed by atoms with Gasteiger partial charge in [0.05, 0.1) is 22.9 Å². The Hall–Kier alpha value is -2.81. The number of benzene rings is 2. The summed E-state index contributed by atoms with van der Waals surface area (Å²) in [6, 6.07) is 9.03. The van der Waals surface area contributed by atoms with Crippen molar-refractivity contribution in [2.45, 2.75) is 0 Å². The second-order valence-electron chi connectivity index (χ2n) is 7.33. The van der Waals surface area contributed by atoms with E-state index in [9.17, 15) is 18.4 Å². The monoisotopic (exact) mass is 447 g/mol. The second kappa shape index (κ2) is 8.74. The average Bonchev–Trinajstić information content (AvgIpc) is 3.02. The van der Waals surface area contributed by atoms with Crippen LogP contribution < -0.4 is 4.90 Å². The third-order valence-corrected chi connectivity index (χ3v) is 5.75. The first-order chi connectivity index (χ1) is 14.9. The van der Waals surface area contributed by atoms with Crippen molar-refractivity contribution >= 4 is 34.7 Å². The van der Waals surface area contributed by atoms with Crippen LogP contribution in [0.2, 0.25) is 5.02 Å². The molecule has 0 radical (unpaired) electrons. The first-order valence-corrected chi connectivity index (χ1v) is 10.2. The topological polar surface area (TPSA) is 64.1 Å². The van der Waals surface area contributed by atoms with Gasteiger partial charge < -0.3 is 10.0 Å². The minimum atomic E-state index is -0.656. The number of aliphatic hydroxyl groups is 1. The lowest BCUT2D eigenvalue weighted by Gasteiger charge is -2.36. The number of amides is 2. The third kappa shape index (κ3) is 4.06. The molecule has 1 N–H and O–H groups in total. The van der Waals surface area contributed by atoms with Crippen molar-refractivity contribution in [1.29, 1.82) is 0 Å². The molecule has 9 heteroatoms. The van der Waals surface area contributed by atoms with E-state index in [0.29, 0.717) is 38.3 Å². The van der Waals surface area contributed by atoms with E-state index in [4.69, 9.17) is 16.7 Å². The number of aliphatic hydroxyl groups excluding tert-OH is 1. The smallest absolute Gasteiger partial charge is 0.282 e. The van der Waals surface area contributed by atoms with Crippen LogP contribution in [0, 0.1) is 11.6 Å². The standard InChI is InChI=1S/C22H20ClF2N3O3/c23-17-13-16(5-6-18(17)25)28-21(30)19(14-1-3-15(24)4-2-14)20(22(28)31)27-9-7-26(8-10-27)11-12-29/h1-6,13,29H,7-12H2. The highest BCUT2D eigenvalue weighted by molar-refractivity contribution is 6.45. The Morgan fingerprint density at radius 2 is 1.61 bits per heavy atom. The summed E-state index contributed by atoms with van der Waals surface area (Å²) in [5.41, 5.74) is 0.972. The Balaban J connectivity index is 1.74. The van der Waals surface area contributed by atoms with E-state index >= 15 is 0 Å². The molecule has 1 fully saturated rings. The number of piperazine rings is 1. The van der Waals surface area contributed by atoms with Crippen LogP contribution in [0.25, 0.3) is 5.57 Å². The summed E-state index contributed by atoms with van der Waals surface area (Å²) in [6.45, 7) is 2.77. The zero-order chi connectivity index (χ0) is 22.1. The predicted molar refractivity (Wildman–Crippen MR) is 112 cm³/mol. The molecular formula is C22H20ClF2N3O3. The van der Waals surface area contributed by atoms with E-state index in [1.54, 1.807) is 0 Å². The normalized spacial score (nSPS) is 17.8. The van der Waals surface area contributed by atoms with Gasteiger partial charge in [-0.25, -0.2) is 13.7 Å². The van der Waals surface area contributed by atoms with Gasteiger partial charge in [-0.2, -0.15) is 0 Å². The van der Waals surface area contributed by atoms with Crippen molar-refractivity contribution in [3.05, 3.63) is 70.4 Å². The summed E-state index contributed by atoms with van der Waals surface area (Å²) in [4.78, 5) is 31.6. The van der Waals surface area contributed by atoms with Crippen LogP contribution in [0.4, 0.5) is 14.5 Å². The van der Waals surface area contributed by atoms with Crippen LogP contribution in [-0.2, 0) is 9.59 Å². The number of β-amino-alcohol motifs (C(OH)–C–C–N with tert-alkyl or cyclic N) is 1. The number of hydrogen-bond acceptors (Lipinski definition) is 5. The van der Waals surface area contributed by atoms with Gasteiger partial charge in [0.15, 0.2) is 0 Å². The Morgan fingerprint density at radius 3 is 2.23 bits per heavy atom. The highest BCUT2D eigenvalue weighted by atomic mass is 35.5. The fourth-order valence-electron chi connectivity index (χ4n) is 3.88. The van der Waals surface area contributed by atoms with Crippen LogP contribution in [0.3, 0.4) is 0 Å². The van der Waals surface area contributed by atoms with E-state index in [1.807, 2.05) is 4.90 Å². The molecule has 2 aliphatic rings. The molecule has 6 nitrogen and oxygen atoms in total. The largest absolute Gasteiger partial charge is 0.395 e. The number of carbonyl (C=O) groups is 2. The molecule has 2 aliphatic heterocycles. The SMILES string of the molecule is O=C1C(c2ccc(F)cc2)=C(N2CCN(CCO)CC2)C(=O)N1c1ccc(F)c(Cl)c1. The highest BCUT2D eigenvalue weighted by Crippen LogP contribution is 2.36. The van der Waals surface area contributed by atoms with E-state index in [0.717, 1.165) is 11.0 Å². The molecule has 0 bridgehead atoms. The van der Waals surface area contributed by atoms with Crippen molar-refractivity contribution in [1.82, 2.24) is 9.80 Å². The van der Waals surface area contributed by atoms with Gasteiger partial charge in [-0.05, 0) is 35.9 Å². The molecule has 2 aromatic carbocycles. The number of imide groups is 1. The van der Waals surface area contributed by atoms with Gasteiger partial charge in [-0.1, -0.05) is 23.7 Å². The van der Waals surface area contributed by atoms with E-state index < -0.39 is 23.4 Å². The zero-order valence-corrected chi connectivity index (χ0v) is 17.3. The van der Waals surface area contributed by atoms with Crippen molar-refractivity contribution in [2.24, 2.45) is 0 Å².